The van der Waals surface area contributed by atoms with E-state index in [9.17, 15) is 35.2 Å². The van der Waals surface area contributed by atoms with E-state index in [1.165, 1.54) is 18.2 Å². The number of rotatable bonds is 4. The number of hydrogen-bond acceptors (Lipinski definition) is 7. The van der Waals surface area contributed by atoms with Crippen LogP contribution in [0, 0.1) is 17.1 Å². The molecule has 0 heterocycles. The van der Waals surface area contributed by atoms with E-state index in [1.807, 2.05) is 6.07 Å². The third-order valence-corrected chi connectivity index (χ3v) is 3.69. The minimum atomic E-state index is -1.05. The molecule has 0 amide bonds. The minimum Gasteiger partial charge on any atom is -0.504 e. The van der Waals surface area contributed by atoms with Gasteiger partial charge in [0.1, 0.15) is 11.1 Å². The number of aromatic hydroxyl groups is 5. The van der Waals surface area contributed by atoms with Crippen molar-refractivity contribution in [2.45, 2.75) is 6.54 Å². The number of benzene rings is 2. The second-order valence-corrected chi connectivity index (χ2v) is 5.61. The molecule has 0 aromatic heterocycles. The minimum absolute atomic E-state index is 0.00692. The molecule has 0 aliphatic rings. The highest BCUT2D eigenvalue weighted by molar-refractivity contribution is 7.80. The van der Waals surface area contributed by atoms with Crippen molar-refractivity contribution < 1.29 is 29.9 Å². The average Bonchev–Trinajstić information content (AvgIpc) is 2.59. The summed E-state index contributed by atoms with van der Waals surface area (Å²) in [4.78, 5) is -0.00692. The van der Waals surface area contributed by atoms with Gasteiger partial charge in [-0.1, -0.05) is 12.2 Å². The number of nitrogens with zero attached hydrogens (tertiary/aromatic N) is 1. The Labute approximate surface area is 152 Å². The topological polar surface area (TPSA) is 137 Å². The Hall–Kier alpha value is -3.51. The van der Waals surface area contributed by atoms with Gasteiger partial charge < -0.3 is 30.8 Å². The van der Waals surface area contributed by atoms with Crippen molar-refractivity contribution in [3.8, 4) is 34.8 Å². The van der Waals surface area contributed by atoms with Gasteiger partial charge in [-0.15, -0.1) is 0 Å². The summed E-state index contributed by atoms with van der Waals surface area (Å²) in [6, 6.07) is 6.21. The molecule has 0 aliphatic carbocycles. The largest absolute Gasteiger partial charge is 0.504 e. The van der Waals surface area contributed by atoms with Gasteiger partial charge in [0.15, 0.2) is 34.6 Å². The van der Waals surface area contributed by atoms with E-state index in [0.29, 0.717) is 5.56 Å². The lowest BCUT2D eigenvalue weighted by molar-refractivity contribution is 0.367. The van der Waals surface area contributed by atoms with Gasteiger partial charge in [-0.2, -0.15) is 5.26 Å². The van der Waals surface area contributed by atoms with E-state index < -0.39 is 34.6 Å². The lowest BCUT2D eigenvalue weighted by atomic mass is 10.1. The summed E-state index contributed by atoms with van der Waals surface area (Å²) in [5.41, 5.74) is 0.445. The molecule has 0 bridgehead atoms. The summed E-state index contributed by atoms with van der Waals surface area (Å²) >= 11 is 5.07. The van der Waals surface area contributed by atoms with Crippen LogP contribution < -0.4 is 5.32 Å². The zero-order valence-electron chi connectivity index (χ0n) is 13.1. The highest BCUT2D eigenvalue weighted by Crippen LogP contribution is 2.35. The van der Waals surface area contributed by atoms with Crippen LogP contribution in [0.5, 0.6) is 28.7 Å². The number of hydrogen-bond donors (Lipinski definition) is 6. The van der Waals surface area contributed by atoms with Crippen LogP contribution >= 0.6 is 12.2 Å². The molecule has 2 aromatic carbocycles. The highest BCUT2D eigenvalue weighted by Gasteiger charge is 2.12. The van der Waals surface area contributed by atoms with Crippen molar-refractivity contribution in [1.29, 1.82) is 5.26 Å². The van der Waals surface area contributed by atoms with Gasteiger partial charge in [0.05, 0.1) is 5.57 Å². The molecule has 0 aliphatic heterocycles. The summed E-state index contributed by atoms with van der Waals surface area (Å²) < 4.78 is 13.4. The normalized spacial score (nSPS) is 11.0. The fourth-order valence-corrected chi connectivity index (χ4v) is 2.22. The molecule has 2 aromatic rings. The number of halogens is 1. The molecule has 0 fully saturated rings. The van der Waals surface area contributed by atoms with Crippen molar-refractivity contribution >= 4 is 23.3 Å². The third-order valence-electron chi connectivity index (χ3n) is 3.32. The molecule has 26 heavy (non-hydrogen) atoms. The predicted molar refractivity (Wildman–Crippen MR) is 94.2 cm³/mol. The van der Waals surface area contributed by atoms with Gasteiger partial charge in [-0.25, -0.2) is 4.39 Å². The Morgan fingerprint density at radius 2 is 1.62 bits per heavy atom. The molecule has 0 saturated carbocycles. The maximum atomic E-state index is 13.4. The maximum absolute atomic E-state index is 13.4. The quantitative estimate of drug-likeness (QED) is 0.207. The van der Waals surface area contributed by atoms with Gasteiger partial charge in [0.25, 0.3) is 0 Å². The molecule has 2 rings (SSSR count). The first-order valence-electron chi connectivity index (χ1n) is 7.08. The first-order valence-corrected chi connectivity index (χ1v) is 7.49. The first kappa shape index (κ1) is 18.8. The van der Waals surface area contributed by atoms with Crippen molar-refractivity contribution in [1.82, 2.24) is 5.32 Å². The van der Waals surface area contributed by atoms with Gasteiger partial charge in [0, 0.05) is 6.54 Å². The Morgan fingerprint density at radius 3 is 2.15 bits per heavy atom. The zero-order chi connectivity index (χ0) is 19.4. The van der Waals surface area contributed by atoms with Crippen LogP contribution in [0.2, 0.25) is 0 Å². The molecular formula is C17H13FN2O5S. The summed E-state index contributed by atoms with van der Waals surface area (Å²) in [7, 11) is 0. The highest BCUT2D eigenvalue weighted by atomic mass is 32.1. The van der Waals surface area contributed by atoms with Crippen molar-refractivity contribution in [2.24, 2.45) is 0 Å². The van der Waals surface area contributed by atoms with Crippen LogP contribution in [-0.4, -0.2) is 30.5 Å². The van der Waals surface area contributed by atoms with E-state index in [-0.39, 0.29) is 22.7 Å². The van der Waals surface area contributed by atoms with Gasteiger partial charge in [-0.05, 0) is 41.5 Å². The van der Waals surface area contributed by atoms with E-state index in [4.69, 9.17) is 12.2 Å². The van der Waals surface area contributed by atoms with Crippen molar-refractivity contribution in [3.05, 3.63) is 46.8 Å². The molecule has 0 atom stereocenters. The molecule has 0 saturated heterocycles. The van der Waals surface area contributed by atoms with E-state index >= 15 is 0 Å². The molecular weight excluding hydrogens is 363 g/mol. The van der Waals surface area contributed by atoms with E-state index in [1.54, 1.807) is 0 Å². The van der Waals surface area contributed by atoms with Gasteiger partial charge >= 0.3 is 0 Å². The van der Waals surface area contributed by atoms with E-state index in [0.717, 1.165) is 12.1 Å². The standard InChI is InChI=1S/C17H13FN2O5S/c18-11-2-8(3-12(21)15(11)24)1-10(6-19)17(26)20-7-9-4-13(22)16(25)14(23)5-9/h1-5,21-25H,7H2,(H,20,26). The average molecular weight is 376 g/mol. The molecule has 0 spiro atoms. The SMILES string of the molecule is N#CC(=Cc1cc(O)c(O)c(F)c1)C(=S)NCc1cc(O)c(O)c(O)c1. The van der Waals surface area contributed by atoms with E-state index in [2.05, 4.69) is 5.32 Å². The van der Waals surface area contributed by atoms with Crippen LogP contribution in [0.15, 0.2) is 29.8 Å². The van der Waals surface area contributed by atoms with Crippen LogP contribution in [0.25, 0.3) is 6.08 Å². The Balaban J connectivity index is 2.18. The molecule has 134 valence electrons. The number of phenols is 5. The van der Waals surface area contributed by atoms with Crippen molar-refractivity contribution in [2.75, 3.05) is 0 Å². The first-order chi connectivity index (χ1) is 12.2. The lowest BCUT2D eigenvalue weighted by Gasteiger charge is -2.09. The number of nitriles is 1. The molecule has 6 N–H and O–H groups in total. The van der Waals surface area contributed by atoms with Crippen LogP contribution in [0.4, 0.5) is 4.39 Å². The van der Waals surface area contributed by atoms with Gasteiger partial charge in [-0.3, -0.25) is 0 Å². The third kappa shape index (κ3) is 4.12. The number of phenolic OH excluding ortho intramolecular Hbond substituents is 5. The molecule has 0 unspecified atom stereocenters. The second-order valence-electron chi connectivity index (χ2n) is 5.21. The predicted octanol–water partition coefficient (Wildman–Crippen LogP) is 2.38. The summed E-state index contributed by atoms with van der Waals surface area (Å²) in [5, 5.41) is 58.7. The second kappa shape index (κ2) is 7.58. The van der Waals surface area contributed by atoms with Crippen LogP contribution in [-0.2, 0) is 6.54 Å². The summed E-state index contributed by atoms with van der Waals surface area (Å²) in [6.07, 6.45) is 1.21. The fourth-order valence-electron chi connectivity index (χ4n) is 2.04. The number of thiocarbonyl (C=S) groups is 1. The molecule has 7 nitrogen and oxygen atoms in total. The summed E-state index contributed by atoms with van der Waals surface area (Å²) in [5.74, 6) is -4.31. The molecule has 0 radical (unpaired) electrons. The van der Waals surface area contributed by atoms with Crippen LogP contribution in [0.1, 0.15) is 11.1 Å². The monoisotopic (exact) mass is 376 g/mol. The smallest absolute Gasteiger partial charge is 0.200 e. The Morgan fingerprint density at radius 1 is 1.04 bits per heavy atom. The fraction of sp³-hybridized carbons (Fsp3) is 0.0588. The molecule has 9 heteroatoms. The summed E-state index contributed by atoms with van der Waals surface area (Å²) in [6.45, 7) is 0.0223. The zero-order valence-corrected chi connectivity index (χ0v) is 13.9. The van der Waals surface area contributed by atoms with Crippen molar-refractivity contribution in [3.63, 3.8) is 0 Å². The van der Waals surface area contributed by atoms with Crippen LogP contribution in [0.3, 0.4) is 0 Å². The lowest BCUT2D eigenvalue weighted by Crippen LogP contribution is -2.22. The van der Waals surface area contributed by atoms with Gasteiger partial charge in [0.2, 0.25) is 0 Å². The number of nitrogens with one attached hydrogen (secondary N) is 1. The maximum Gasteiger partial charge on any atom is 0.200 e. The Bertz CT molecular complexity index is 907. The Kier molecular flexibility index (Phi) is 5.49.